The van der Waals surface area contributed by atoms with Crippen LogP contribution in [0, 0.1) is 5.41 Å². The van der Waals surface area contributed by atoms with E-state index < -0.39 is 0 Å². The standard InChI is InChI=1S/C15H28N2S/c1-5-17(12-14-7-6-10-18-14)9-8-13(16)11-15(2,3)4/h6-7,10,13H,5,8-9,11-12,16H2,1-4H3. The number of hydrogen-bond donors (Lipinski definition) is 1. The Bertz CT molecular complexity index is 314. The van der Waals surface area contributed by atoms with Gasteiger partial charge in [-0.15, -0.1) is 11.3 Å². The van der Waals surface area contributed by atoms with Crippen molar-refractivity contribution in [1.29, 1.82) is 0 Å². The maximum Gasteiger partial charge on any atom is 0.0327 e. The fourth-order valence-corrected chi connectivity index (χ4v) is 2.96. The molecule has 1 heterocycles. The van der Waals surface area contributed by atoms with Gasteiger partial charge in [0.25, 0.3) is 0 Å². The molecule has 1 aromatic rings. The first-order valence-corrected chi connectivity index (χ1v) is 7.79. The highest BCUT2D eigenvalue weighted by Gasteiger charge is 2.16. The minimum atomic E-state index is 0.322. The monoisotopic (exact) mass is 268 g/mol. The van der Waals surface area contributed by atoms with Crippen LogP contribution in [0.15, 0.2) is 17.5 Å². The molecule has 1 unspecified atom stereocenters. The minimum Gasteiger partial charge on any atom is -0.328 e. The van der Waals surface area contributed by atoms with Gasteiger partial charge < -0.3 is 5.73 Å². The predicted octanol–water partition coefficient (Wildman–Crippen LogP) is 3.72. The van der Waals surface area contributed by atoms with E-state index >= 15 is 0 Å². The smallest absolute Gasteiger partial charge is 0.0327 e. The van der Waals surface area contributed by atoms with E-state index in [4.69, 9.17) is 5.73 Å². The number of rotatable bonds is 7. The molecular formula is C15H28N2S. The molecular weight excluding hydrogens is 240 g/mol. The lowest BCUT2D eigenvalue weighted by Gasteiger charge is -2.26. The second-order valence-electron chi connectivity index (χ2n) is 6.26. The average Bonchev–Trinajstić information content (AvgIpc) is 2.74. The van der Waals surface area contributed by atoms with Crippen molar-refractivity contribution in [1.82, 2.24) is 4.90 Å². The highest BCUT2D eigenvalue weighted by molar-refractivity contribution is 7.09. The molecule has 0 aliphatic heterocycles. The first-order chi connectivity index (χ1) is 8.40. The van der Waals surface area contributed by atoms with Gasteiger partial charge >= 0.3 is 0 Å². The molecule has 3 heteroatoms. The predicted molar refractivity (Wildman–Crippen MR) is 81.9 cm³/mol. The SMILES string of the molecule is CCN(CCC(N)CC(C)(C)C)Cc1cccs1. The third-order valence-corrected chi connectivity index (χ3v) is 3.96. The number of thiophene rings is 1. The second-order valence-corrected chi connectivity index (χ2v) is 7.29. The molecule has 1 atom stereocenters. The molecule has 0 amide bonds. The summed E-state index contributed by atoms with van der Waals surface area (Å²) >= 11 is 1.84. The van der Waals surface area contributed by atoms with Crippen molar-refractivity contribution >= 4 is 11.3 Å². The van der Waals surface area contributed by atoms with E-state index in [1.165, 1.54) is 4.88 Å². The molecule has 0 aliphatic rings. The Morgan fingerprint density at radius 1 is 1.39 bits per heavy atom. The second kappa shape index (κ2) is 7.27. The molecule has 0 radical (unpaired) electrons. The molecule has 2 nitrogen and oxygen atoms in total. The molecule has 0 saturated heterocycles. The van der Waals surface area contributed by atoms with Crippen LogP contribution in [0.4, 0.5) is 0 Å². The lowest BCUT2D eigenvalue weighted by molar-refractivity contribution is 0.251. The molecule has 0 spiro atoms. The van der Waals surface area contributed by atoms with E-state index in [0.717, 1.165) is 32.5 Å². The van der Waals surface area contributed by atoms with Crippen molar-refractivity contribution in [2.24, 2.45) is 11.1 Å². The van der Waals surface area contributed by atoms with Gasteiger partial charge in [0.15, 0.2) is 0 Å². The van der Waals surface area contributed by atoms with Gasteiger partial charge in [-0.3, -0.25) is 4.90 Å². The summed E-state index contributed by atoms with van der Waals surface area (Å²) in [5.41, 5.74) is 6.55. The van der Waals surface area contributed by atoms with Gasteiger partial charge in [-0.25, -0.2) is 0 Å². The van der Waals surface area contributed by atoms with Crippen LogP contribution in [0.25, 0.3) is 0 Å². The van der Waals surface area contributed by atoms with Crippen LogP contribution in [0.5, 0.6) is 0 Å². The minimum absolute atomic E-state index is 0.322. The van der Waals surface area contributed by atoms with Crippen LogP contribution in [0.3, 0.4) is 0 Å². The molecule has 104 valence electrons. The molecule has 0 saturated carbocycles. The van der Waals surface area contributed by atoms with E-state index in [-0.39, 0.29) is 0 Å². The van der Waals surface area contributed by atoms with Crippen molar-refractivity contribution in [3.05, 3.63) is 22.4 Å². The van der Waals surface area contributed by atoms with Crippen LogP contribution in [0.1, 0.15) is 45.4 Å². The topological polar surface area (TPSA) is 29.3 Å². The van der Waals surface area contributed by atoms with Crippen LogP contribution < -0.4 is 5.73 Å². The third-order valence-electron chi connectivity index (χ3n) is 3.10. The van der Waals surface area contributed by atoms with Crippen molar-refractivity contribution in [3.8, 4) is 0 Å². The highest BCUT2D eigenvalue weighted by atomic mass is 32.1. The Kier molecular flexibility index (Phi) is 6.33. The van der Waals surface area contributed by atoms with Crippen molar-refractivity contribution in [2.75, 3.05) is 13.1 Å². The molecule has 2 N–H and O–H groups in total. The van der Waals surface area contributed by atoms with E-state index in [2.05, 4.69) is 50.1 Å². The van der Waals surface area contributed by atoms with Gasteiger partial charge in [-0.1, -0.05) is 33.8 Å². The van der Waals surface area contributed by atoms with E-state index in [1.807, 2.05) is 11.3 Å². The Morgan fingerprint density at radius 2 is 2.11 bits per heavy atom. The van der Waals surface area contributed by atoms with Gasteiger partial charge in [0.2, 0.25) is 0 Å². The van der Waals surface area contributed by atoms with E-state index in [0.29, 0.717) is 11.5 Å². The Balaban J connectivity index is 2.31. The number of hydrogen-bond acceptors (Lipinski definition) is 3. The van der Waals surface area contributed by atoms with Crippen LogP contribution in [-0.4, -0.2) is 24.0 Å². The first kappa shape index (κ1) is 15.7. The zero-order valence-corrected chi connectivity index (χ0v) is 13.1. The summed E-state index contributed by atoms with van der Waals surface area (Å²) in [6.45, 7) is 12.3. The molecule has 1 rings (SSSR count). The summed E-state index contributed by atoms with van der Waals surface area (Å²) in [4.78, 5) is 3.93. The summed E-state index contributed by atoms with van der Waals surface area (Å²) < 4.78 is 0. The zero-order chi connectivity index (χ0) is 13.6. The lowest BCUT2D eigenvalue weighted by Crippen LogP contribution is -2.32. The quantitative estimate of drug-likeness (QED) is 0.816. The number of nitrogens with two attached hydrogens (primary N) is 1. The molecule has 1 aromatic heterocycles. The Morgan fingerprint density at radius 3 is 2.61 bits per heavy atom. The number of nitrogens with zero attached hydrogens (tertiary/aromatic N) is 1. The largest absolute Gasteiger partial charge is 0.328 e. The van der Waals surface area contributed by atoms with Gasteiger partial charge in [-0.05, 0) is 42.8 Å². The Hall–Kier alpha value is -0.380. The fraction of sp³-hybridized carbons (Fsp3) is 0.733. The highest BCUT2D eigenvalue weighted by Crippen LogP contribution is 2.21. The molecule has 0 bridgehead atoms. The lowest BCUT2D eigenvalue weighted by atomic mass is 9.87. The van der Waals surface area contributed by atoms with Gasteiger partial charge in [0.1, 0.15) is 0 Å². The fourth-order valence-electron chi connectivity index (χ4n) is 2.21. The molecule has 0 aliphatic carbocycles. The van der Waals surface area contributed by atoms with Crippen LogP contribution >= 0.6 is 11.3 Å². The zero-order valence-electron chi connectivity index (χ0n) is 12.3. The maximum atomic E-state index is 6.21. The van der Waals surface area contributed by atoms with Crippen LogP contribution in [0.2, 0.25) is 0 Å². The van der Waals surface area contributed by atoms with E-state index in [1.54, 1.807) is 0 Å². The molecule has 0 fully saturated rings. The van der Waals surface area contributed by atoms with Crippen LogP contribution in [-0.2, 0) is 6.54 Å². The summed E-state index contributed by atoms with van der Waals surface area (Å²) in [7, 11) is 0. The summed E-state index contributed by atoms with van der Waals surface area (Å²) in [6, 6.07) is 4.66. The van der Waals surface area contributed by atoms with Crippen molar-refractivity contribution in [2.45, 2.75) is 53.1 Å². The average molecular weight is 268 g/mol. The summed E-state index contributed by atoms with van der Waals surface area (Å²) in [5, 5.41) is 2.15. The Labute approximate surface area is 116 Å². The molecule has 18 heavy (non-hydrogen) atoms. The normalized spacial score (nSPS) is 14.1. The van der Waals surface area contributed by atoms with Gasteiger partial charge in [0, 0.05) is 17.5 Å². The maximum absolute atomic E-state index is 6.21. The van der Waals surface area contributed by atoms with Crippen molar-refractivity contribution in [3.63, 3.8) is 0 Å². The summed E-state index contributed by atoms with van der Waals surface area (Å²) in [5.74, 6) is 0. The van der Waals surface area contributed by atoms with Gasteiger partial charge in [-0.2, -0.15) is 0 Å². The van der Waals surface area contributed by atoms with E-state index in [9.17, 15) is 0 Å². The molecule has 0 aromatic carbocycles. The first-order valence-electron chi connectivity index (χ1n) is 6.91. The summed E-state index contributed by atoms with van der Waals surface area (Å²) in [6.07, 6.45) is 2.19. The van der Waals surface area contributed by atoms with Crippen molar-refractivity contribution < 1.29 is 0 Å². The third kappa shape index (κ3) is 6.53. The van der Waals surface area contributed by atoms with Gasteiger partial charge in [0.05, 0.1) is 0 Å².